The molecule has 0 aromatic carbocycles. The van der Waals surface area contributed by atoms with E-state index in [0.29, 0.717) is 5.57 Å². The van der Waals surface area contributed by atoms with Crippen molar-refractivity contribution in [3.63, 3.8) is 0 Å². The molecule has 0 heterocycles. The summed E-state index contributed by atoms with van der Waals surface area (Å²) in [5, 5.41) is 8.73. The lowest BCUT2D eigenvalue weighted by molar-refractivity contribution is -0.132. The molecule has 0 radical (unpaired) electrons. The first-order chi connectivity index (χ1) is 6.46. The zero-order valence-electron chi connectivity index (χ0n) is 10.3. The minimum Gasteiger partial charge on any atom is -0.478 e. The Labute approximate surface area is 91.2 Å². The van der Waals surface area contributed by atoms with Gasteiger partial charge < -0.3 is 5.11 Å². The van der Waals surface area contributed by atoms with Crippen LogP contribution in [0.5, 0.6) is 0 Å². The first kappa shape index (κ1) is 13.9. The summed E-state index contributed by atoms with van der Waals surface area (Å²) in [6.45, 7) is 10.9. The van der Waals surface area contributed by atoms with Gasteiger partial charge in [-0.2, -0.15) is 0 Å². The second-order valence-electron chi connectivity index (χ2n) is 5.73. The Morgan fingerprint density at radius 1 is 0.933 bits per heavy atom. The van der Waals surface area contributed by atoms with Gasteiger partial charge in [0.25, 0.3) is 0 Å². The third-order valence-corrected chi connectivity index (χ3v) is 2.00. The van der Waals surface area contributed by atoms with Crippen LogP contribution in [0.15, 0.2) is 11.6 Å². The highest BCUT2D eigenvalue weighted by Gasteiger charge is 2.32. The Balaban J connectivity index is 5.35. The van der Waals surface area contributed by atoms with E-state index in [4.69, 9.17) is 5.11 Å². The number of carboxylic acids is 1. The highest BCUT2D eigenvalue weighted by atomic mass is 16.4. The molecule has 0 saturated carbocycles. The zero-order chi connectivity index (χ0) is 12.4. The summed E-state index contributed by atoms with van der Waals surface area (Å²) in [7, 11) is 0. The van der Waals surface area contributed by atoms with Crippen molar-refractivity contribution < 1.29 is 14.7 Å². The molecular weight excluding hydrogens is 192 g/mol. The molecule has 0 bridgehead atoms. The molecular formula is C12H20O3. The Morgan fingerprint density at radius 3 is 1.53 bits per heavy atom. The molecule has 0 rings (SSSR count). The number of rotatable bonds is 2. The van der Waals surface area contributed by atoms with Gasteiger partial charge in [-0.1, -0.05) is 41.5 Å². The molecule has 0 fully saturated rings. The van der Waals surface area contributed by atoms with E-state index in [9.17, 15) is 9.59 Å². The van der Waals surface area contributed by atoms with Gasteiger partial charge in [0.2, 0.25) is 0 Å². The molecule has 0 saturated heterocycles. The lowest BCUT2D eigenvalue weighted by atomic mass is 9.75. The summed E-state index contributed by atoms with van der Waals surface area (Å²) < 4.78 is 0. The van der Waals surface area contributed by atoms with Crippen molar-refractivity contribution in [1.82, 2.24) is 0 Å². The van der Waals surface area contributed by atoms with Crippen molar-refractivity contribution in [2.75, 3.05) is 0 Å². The summed E-state index contributed by atoms with van der Waals surface area (Å²) in [6, 6.07) is 0. The molecule has 15 heavy (non-hydrogen) atoms. The molecule has 3 nitrogen and oxygen atoms in total. The number of carboxylic acid groups (broad SMARTS) is 1. The number of allylic oxidation sites excluding steroid dienone is 1. The van der Waals surface area contributed by atoms with Crippen LogP contribution in [0.2, 0.25) is 0 Å². The van der Waals surface area contributed by atoms with Crippen LogP contribution >= 0.6 is 0 Å². The average molecular weight is 212 g/mol. The normalized spacial score (nSPS) is 13.9. The molecule has 1 N–H and O–H groups in total. The van der Waals surface area contributed by atoms with Gasteiger partial charge >= 0.3 is 5.97 Å². The molecule has 0 aliphatic rings. The smallest absolute Gasteiger partial charge is 0.328 e. The molecule has 3 heteroatoms. The maximum absolute atomic E-state index is 12.0. The molecule has 0 amide bonds. The van der Waals surface area contributed by atoms with Crippen molar-refractivity contribution in [3.8, 4) is 0 Å². The molecule has 0 aliphatic heterocycles. The molecule has 0 aliphatic carbocycles. The maximum Gasteiger partial charge on any atom is 0.328 e. The van der Waals surface area contributed by atoms with Crippen LogP contribution in [0, 0.1) is 10.8 Å². The predicted octanol–water partition coefficient (Wildman–Crippen LogP) is 2.66. The fourth-order valence-electron chi connectivity index (χ4n) is 1.15. The van der Waals surface area contributed by atoms with E-state index in [1.54, 1.807) is 20.8 Å². The Morgan fingerprint density at radius 2 is 1.33 bits per heavy atom. The molecule has 0 unspecified atom stereocenters. The van der Waals surface area contributed by atoms with Crippen LogP contribution in [0.4, 0.5) is 0 Å². The summed E-state index contributed by atoms with van der Waals surface area (Å²) in [5.41, 5.74) is -0.625. The lowest BCUT2D eigenvalue weighted by Crippen LogP contribution is -2.29. The standard InChI is InChI=1S/C12H20O3/c1-11(2,3)8(7-9(13)14)10(15)12(4,5)6/h7H,1-6H3,(H,13,14)/b8-7+. The molecule has 86 valence electrons. The number of carbonyl (C=O) groups is 2. The highest BCUT2D eigenvalue weighted by molar-refractivity contribution is 6.04. The largest absolute Gasteiger partial charge is 0.478 e. The third kappa shape index (κ3) is 4.28. The van der Waals surface area contributed by atoms with E-state index in [2.05, 4.69) is 0 Å². The van der Waals surface area contributed by atoms with Crippen LogP contribution in [0.25, 0.3) is 0 Å². The number of aliphatic carboxylic acids is 1. The van der Waals surface area contributed by atoms with E-state index in [1.807, 2.05) is 20.8 Å². The van der Waals surface area contributed by atoms with Crippen molar-refractivity contribution in [3.05, 3.63) is 11.6 Å². The van der Waals surface area contributed by atoms with E-state index in [0.717, 1.165) is 6.08 Å². The van der Waals surface area contributed by atoms with Gasteiger partial charge in [-0.15, -0.1) is 0 Å². The van der Waals surface area contributed by atoms with Crippen molar-refractivity contribution >= 4 is 11.8 Å². The SMILES string of the molecule is CC(C)(C)C(=O)/C(=C\C(=O)O)C(C)(C)C. The summed E-state index contributed by atoms with van der Waals surface area (Å²) in [5.74, 6) is -1.19. The van der Waals surface area contributed by atoms with Crippen LogP contribution in [-0.2, 0) is 9.59 Å². The van der Waals surface area contributed by atoms with Gasteiger partial charge in [-0.3, -0.25) is 4.79 Å². The molecule has 0 aromatic heterocycles. The minimum atomic E-state index is -1.07. The van der Waals surface area contributed by atoms with Gasteiger partial charge in [0.1, 0.15) is 0 Å². The summed E-state index contributed by atoms with van der Waals surface area (Å²) >= 11 is 0. The predicted molar refractivity (Wildman–Crippen MR) is 59.6 cm³/mol. The first-order valence-corrected chi connectivity index (χ1v) is 4.96. The number of hydrogen-bond donors (Lipinski definition) is 1. The van der Waals surface area contributed by atoms with Crippen LogP contribution < -0.4 is 0 Å². The molecule has 0 aromatic rings. The third-order valence-electron chi connectivity index (χ3n) is 2.00. The summed E-state index contributed by atoms with van der Waals surface area (Å²) in [4.78, 5) is 22.7. The number of hydrogen-bond acceptors (Lipinski definition) is 2. The van der Waals surface area contributed by atoms with Crippen molar-refractivity contribution in [2.45, 2.75) is 41.5 Å². The van der Waals surface area contributed by atoms with E-state index >= 15 is 0 Å². The van der Waals surface area contributed by atoms with Crippen LogP contribution in [0.1, 0.15) is 41.5 Å². The highest BCUT2D eigenvalue weighted by Crippen LogP contribution is 2.32. The van der Waals surface area contributed by atoms with Crippen molar-refractivity contribution in [1.29, 1.82) is 0 Å². The van der Waals surface area contributed by atoms with E-state index in [1.165, 1.54) is 0 Å². The lowest BCUT2D eigenvalue weighted by Gasteiger charge is -2.27. The van der Waals surface area contributed by atoms with Gasteiger partial charge in [0.15, 0.2) is 5.78 Å². The molecule has 0 spiro atoms. The topological polar surface area (TPSA) is 54.4 Å². The Bertz CT molecular complexity index is 298. The second kappa shape index (κ2) is 4.17. The van der Waals surface area contributed by atoms with Crippen LogP contribution in [-0.4, -0.2) is 16.9 Å². The number of carbonyl (C=O) groups excluding carboxylic acids is 1. The molecule has 0 atom stereocenters. The monoisotopic (exact) mass is 212 g/mol. The van der Waals surface area contributed by atoms with Gasteiger partial charge in [0.05, 0.1) is 0 Å². The maximum atomic E-state index is 12.0. The Hall–Kier alpha value is -1.12. The number of ketones is 1. The quantitative estimate of drug-likeness (QED) is 0.716. The zero-order valence-corrected chi connectivity index (χ0v) is 10.3. The fraction of sp³-hybridized carbons (Fsp3) is 0.667. The van der Waals surface area contributed by atoms with E-state index < -0.39 is 16.8 Å². The van der Waals surface area contributed by atoms with Gasteiger partial charge in [0, 0.05) is 17.1 Å². The van der Waals surface area contributed by atoms with Gasteiger partial charge in [-0.05, 0) is 5.41 Å². The minimum absolute atomic E-state index is 0.114. The average Bonchev–Trinajstić information content (AvgIpc) is 1.94. The van der Waals surface area contributed by atoms with E-state index in [-0.39, 0.29) is 5.78 Å². The second-order valence-corrected chi connectivity index (χ2v) is 5.73. The summed E-state index contributed by atoms with van der Waals surface area (Å²) in [6.07, 6.45) is 1.02. The number of Topliss-reactive ketones (excluding diaryl/α,β-unsaturated/α-hetero) is 1. The first-order valence-electron chi connectivity index (χ1n) is 4.96. The Kier molecular flexibility index (Phi) is 3.86. The van der Waals surface area contributed by atoms with Crippen molar-refractivity contribution in [2.24, 2.45) is 10.8 Å². The van der Waals surface area contributed by atoms with Gasteiger partial charge in [-0.25, -0.2) is 4.79 Å². The fourth-order valence-corrected chi connectivity index (χ4v) is 1.15. The van der Waals surface area contributed by atoms with Crippen LogP contribution in [0.3, 0.4) is 0 Å².